The normalized spacial score (nSPS) is 15.0. The van der Waals surface area contributed by atoms with Crippen LogP contribution in [-0.4, -0.2) is 66.7 Å². The van der Waals surface area contributed by atoms with E-state index in [1.165, 1.54) is 17.7 Å². The second kappa shape index (κ2) is 7.64. The van der Waals surface area contributed by atoms with Crippen molar-refractivity contribution in [1.82, 2.24) is 15.1 Å². The molecule has 2 amide bonds. The summed E-state index contributed by atoms with van der Waals surface area (Å²) in [5.41, 5.74) is -0.548. The van der Waals surface area contributed by atoms with Crippen molar-refractivity contribution in [2.45, 2.75) is 52.2 Å². The topological polar surface area (TPSA) is 61.9 Å². The first-order valence-electron chi connectivity index (χ1n) is 7.67. The zero-order valence-corrected chi connectivity index (χ0v) is 13.9. The molecule has 0 radical (unpaired) electrons. The molecule has 0 aliphatic heterocycles. The minimum atomic E-state index is -0.548. The average molecular weight is 299 g/mol. The number of carbonyl (C=O) groups is 2. The van der Waals surface area contributed by atoms with Crippen molar-refractivity contribution >= 4 is 12.0 Å². The number of amides is 2. The molecule has 122 valence electrons. The highest BCUT2D eigenvalue weighted by Gasteiger charge is 2.27. The smallest absolute Gasteiger partial charge is 0.410 e. The molecule has 21 heavy (non-hydrogen) atoms. The molecular formula is C15H29N3O3. The molecule has 1 saturated carbocycles. The first kappa shape index (κ1) is 17.8. The highest BCUT2D eigenvalue weighted by molar-refractivity contribution is 5.82. The highest BCUT2D eigenvalue weighted by atomic mass is 16.6. The Morgan fingerprint density at radius 1 is 1.29 bits per heavy atom. The standard InChI is InChI=1S/C15H29N3O3/c1-6-18(12-7-8-12)10-9-16-13(19)11-17(5)14(20)21-15(2,3)4/h12H,6-11H2,1-5H3,(H,16,19). The number of nitrogens with zero attached hydrogens (tertiary/aromatic N) is 2. The van der Waals surface area contributed by atoms with Gasteiger partial charge in [0.05, 0.1) is 0 Å². The van der Waals surface area contributed by atoms with Gasteiger partial charge in [-0.2, -0.15) is 0 Å². The minimum Gasteiger partial charge on any atom is -0.444 e. The van der Waals surface area contributed by atoms with Gasteiger partial charge in [-0.1, -0.05) is 6.92 Å². The van der Waals surface area contributed by atoms with Crippen LogP contribution in [0, 0.1) is 0 Å². The third-order valence-electron chi connectivity index (χ3n) is 3.28. The van der Waals surface area contributed by atoms with E-state index in [0.29, 0.717) is 12.6 Å². The van der Waals surface area contributed by atoms with Crippen molar-refractivity contribution in [3.8, 4) is 0 Å². The van der Waals surface area contributed by atoms with Crippen LogP contribution in [-0.2, 0) is 9.53 Å². The van der Waals surface area contributed by atoms with Crippen molar-refractivity contribution < 1.29 is 14.3 Å². The molecule has 0 heterocycles. The number of hydrogen-bond donors (Lipinski definition) is 1. The number of likely N-dealkylation sites (N-methyl/N-ethyl adjacent to an activating group) is 2. The van der Waals surface area contributed by atoms with E-state index in [0.717, 1.165) is 13.1 Å². The third-order valence-corrected chi connectivity index (χ3v) is 3.28. The zero-order valence-electron chi connectivity index (χ0n) is 13.9. The van der Waals surface area contributed by atoms with Gasteiger partial charge in [-0.25, -0.2) is 4.79 Å². The summed E-state index contributed by atoms with van der Waals surface area (Å²) in [4.78, 5) is 27.2. The summed E-state index contributed by atoms with van der Waals surface area (Å²) in [6, 6.07) is 0.705. The van der Waals surface area contributed by atoms with Crippen LogP contribution in [0.4, 0.5) is 4.79 Å². The zero-order chi connectivity index (χ0) is 16.0. The van der Waals surface area contributed by atoms with E-state index in [1.807, 2.05) is 0 Å². The molecular weight excluding hydrogens is 270 g/mol. The van der Waals surface area contributed by atoms with Crippen LogP contribution in [0.2, 0.25) is 0 Å². The van der Waals surface area contributed by atoms with Crippen molar-refractivity contribution in [2.24, 2.45) is 0 Å². The molecule has 0 aromatic heterocycles. The van der Waals surface area contributed by atoms with Gasteiger partial charge in [-0.05, 0) is 40.2 Å². The predicted octanol–water partition coefficient (Wildman–Crippen LogP) is 1.45. The van der Waals surface area contributed by atoms with Crippen LogP contribution >= 0.6 is 0 Å². The first-order valence-corrected chi connectivity index (χ1v) is 7.67. The Kier molecular flexibility index (Phi) is 6.45. The molecule has 0 saturated heterocycles. The minimum absolute atomic E-state index is 0.0183. The van der Waals surface area contributed by atoms with Crippen LogP contribution in [0.25, 0.3) is 0 Å². The molecule has 1 N–H and O–H groups in total. The molecule has 1 aliphatic rings. The number of carbonyl (C=O) groups excluding carboxylic acids is 2. The summed E-state index contributed by atoms with van der Waals surface area (Å²) in [6.07, 6.45) is 2.05. The molecule has 1 fully saturated rings. The lowest BCUT2D eigenvalue weighted by Gasteiger charge is -2.24. The van der Waals surface area contributed by atoms with Crippen molar-refractivity contribution in [3.63, 3.8) is 0 Å². The Balaban J connectivity index is 2.21. The van der Waals surface area contributed by atoms with Crippen molar-refractivity contribution in [3.05, 3.63) is 0 Å². The fourth-order valence-corrected chi connectivity index (χ4v) is 2.05. The molecule has 6 heteroatoms. The van der Waals surface area contributed by atoms with E-state index in [2.05, 4.69) is 17.1 Å². The van der Waals surface area contributed by atoms with Crippen molar-refractivity contribution in [1.29, 1.82) is 0 Å². The third kappa shape index (κ3) is 7.32. The number of nitrogens with one attached hydrogen (secondary N) is 1. The maximum absolute atomic E-state index is 11.8. The predicted molar refractivity (Wildman–Crippen MR) is 82.1 cm³/mol. The number of hydrogen-bond acceptors (Lipinski definition) is 4. The van der Waals surface area contributed by atoms with E-state index in [-0.39, 0.29) is 12.5 Å². The lowest BCUT2D eigenvalue weighted by atomic mass is 10.2. The summed E-state index contributed by atoms with van der Waals surface area (Å²) >= 11 is 0. The van der Waals surface area contributed by atoms with Gasteiger partial charge in [0.25, 0.3) is 0 Å². The lowest BCUT2D eigenvalue weighted by Crippen LogP contribution is -2.43. The summed E-state index contributed by atoms with van der Waals surface area (Å²) < 4.78 is 5.20. The fraction of sp³-hybridized carbons (Fsp3) is 0.867. The maximum Gasteiger partial charge on any atom is 0.410 e. The maximum atomic E-state index is 11.8. The molecule has 0 spiro atoms. The SMILES string of the molecule is CCN(CCNC(=O)CN(C)C(=O)OC(C)(C)C)C1CC1. The quantitative estimate of drug-likeness (QED) is 0.773. The first-order chi connectivity index (χ1) is 9.73. The fourth-order valence-electron chi connectivity index (χ4n) is 2.05. The number of ether oxygens (including phenoxy) is 1. The van der Waals surface area contributed by atoms with Gasteiger partial charge >= 0.3 is 6.09 Å². The van der Waals surface area contributed by atoms with Gasteiger partial charge in [0.1, 0.15) is 12.1 Å². The highest BCUT2D eigenvalue weighted by Crippen LogP contribution is 2.25. The van der Waals surface area contributed by atoms with E-state index < -0.39 is 11.7 Å². The van der Waals surface area contributed by atoms with Gasteiger partial charge in [-0.15, -0.1) is 0 Å². The summed E-state index contributed by atoms with van der Waals surface area (Å²) in [6.45, 7) is 10.1. The second-order valence-electron chi connectivity index (χ2n) is 6.55. The van der Waals surface area contributed by atoms with E-state index >= 15 is 0 Å². The molecule has 1 rings (SSSR count). The Morgan fingerprint density at radius 3 is 2.38 bits per heavy atom. The molecule has 6 nitrogen and oxygen atoms in total. The van der Waals surface area contributed by atoms with Gasteiger partial charge in [0, 0.05) is 26.2 Å². The Morgan fingerprint density at radius 2 is 1.90 bits per heavy atom. The van der Waals surface area contributed by atoms with Gasteiger partial charge < -0.3 is 15.0 Å². The molecule has 0 unspecified atom stereocenters. The molecule has 0 aromatic carbocycles. The van der Waals surface area contributed by atoms with Crippen LogP contribution < -0.4 is 5.32 Å². The van der Waals surface area contributed by atoms with Crippen LogP contribution in [0.5, 0.6) is 0 Å². The largest absolute Gasteiger partial charge is 0.444 e. The molecule has 1 aliphatic carbocycles. The Bertz CT molecular complexity index is 362. The van der Waals surface area contributed by atoms with Gasteiger partial charge in [0.2, 0.25) is 5.91 Å². The summed E-state index contributed by atoms with van der Waals surface area (Å²) in [5, 5.41) is 2.85. The summed E-state index contributed by atoms with van der Waals surface area (Å²) in [7, 11) is 1.57. The van der Waals surface area contributed by atoms with E-state index in [4.69, 9.17) is 4.74 Å². The number of rotatable bonds is 7. The lowest BCUT2D eigenvalue weighted by molar-refractivity contribution is -0.122. The van der Waals surface area contributed by atoms with Crippen LogP contribution in [0.15, 0.2) is 0 Å². The van der Waals surface area contributed by atoms with Crippen molar-refractivity contribution in [2.75, 3.05) is 33.2 Å². The average Bonchev–Trinajstić information content (AvgIpc) is 3.16. The molecule has 0 bridgehead atoms. The monoisotopic (exact) mass is 299 g/mol. The Hall–Kier alpha value is -1.30. The summed E-state index contributed by atoms with van der Waals surface area (Å²) in [5.74, 6) is -0.157. The molecule has 0 aromatic rings. The van der Waals surface area contributed by atoms with Crippen LogP contribution in [0.1, 0.15) is 40.5 Å². The van der Waals surface area contributed by atoms with E-state index in [9.17, 15) is 9.59 Å². The van der Waals surface area contributed by atoms with E-state index in [1.54, 1.807) is 27.8 Å². The molecule has 0 atom stereocenters. The van der Waals surface area contributed by atoms with Gasteiger partial charge in [0.15, 0.2) is 0 Å². The Labute approximate surface area is 127 Å². The van der Waals surface area contributed by atoms with Gasteiger partial charge in [-0.3, -0.25) is 9.69 Å². The second-order valence-corrected chi connectivity index (χ2v) is 6.55. The van der Waals surface area contributed by atoms with Crippen LogP contribution in [0.3, 0.4) is 0 Å².